The molecule has 1 saturated heterocycles. The van der Waals surface area contributed by atoms with Crippen LogP contribution in [0.1, 0.15) is 69.9 Å². The minimum absolute atomic E-state index is 0.0144. The number of H-pyrrole nitrogens is 1. The van der Waals surface area contributed by atoms with Crippen molar-refractivity contribution >= 4 is 29.0 Å². The summed E-state index contributed by atoms with van der Waals surface area (Å²) in [4.78, 5) is 47.1. The molecule has 2 aromatic heterocycles. The molecule has 2 aliphatic heterocycles. The van der Waals surface area contributed by atoms with Gasteiger partial charge in [-0.2, -0.15) is 31.4 Å². The van der Waals surface area contributed by atoms with Crippen molar-refractivity contribution in [2.75, 3.05) is 54.5 Å². The Hall–Kier alpha value is -3.89. The number of rotatable bonds is 14. The number of hydrogen-bond acceptors (Lipinski definition) is 8. The average Bonchev–Trinajstić information content (AvgIpc) is 3.00. The van der Waals surface area contributed by atoms with Crippen molar-refractivity contribution in [1.82, 2.24) is 20.1 Å². The Bertz CT molecular complexity index is 1450. The lowest BCUT2D eigenvalue weighted by Crippen LogP contribution is -2.64. The van der Waals surface area contributed by atoms with Crippen LogP contribution >= 0.6 is 0 Å². The molecule has 2 atom stereocenters. The molecule has 0 bridgehead atoms. The lowest BCUT2D eigenvalue weighted by atomic mass is 10.0. The monoisotopic (exact) mass is 675 g/mol. The summed E-state index contributed by atoms with van der Waals surface area (Å²) in [6, 6.07) is -0.518. The van der Waals surface area contributed by atoms with Gasteiger partial charge in [0.25, 0.3) is 11.5 Å². The number of aromatic amines is 1. The Kier molecular flexibility index (Phi) is 11.7. The summed E-state index contributed by atoms with van der Waals surface area (Å²) in [6.45, 7) is 4.13. The van der Waals surface area contributed by atoms with E-state index >= 15 is 0 Å². The van der Waals surface area contributed by atoms with Gasteiger partial charge in [0, 0.05) is 31.9 Å². The first-order chi connectivity index (χ1) is 22.2. The number of pyridine rings is 1. The smallest absolute Gasteiger partial charge is 0.379 e. The number of fused-ring (bicyclic) bond motifs is 3. The van der Waals surface area contributed by atoms with Crippen LogP contribution in [-0.2, 0) is 26.7 Å². The number of halogens is 6. The molecule has 0 aromatic carbocycles. The summed E-state index contributed by atoms with van der Waals surface area (Å²) in [5, 5.41) is 7.72. The molecule has 47 heavy (non-hydrogen) atoms. The molecule has 17 heteroatoms. The molecular formula is C30H39F6N7O4. The number of ether oxygens (including phenoxy) is 1. The van der Waals surface area contributed by atoms with E-state index in [1.54, 1.807) is 10.00 Å². The molecule has 0 spiro atoms. The first-order valence-electron chi connectivity index (χ1n) is 15.6. The second-order valence-electron chi connectivity index (χ2n) is 11.7. The fourth-order valence-corrected chi connectivity index (χ4v) is 5.75. The summed E-state index contributed by atoms with van der Waals surface area (Å²) < 4.78 is 86.0. The molecule has 2 aliphatic rings. The summed E-state index contributed by atoms with van der Waals surface area (Å²) in [5.41, 5.74) is -4.11. The Morgan fingerprint density at radius 1 is 1.06 bits per heavy atom. The maximum Gasteiger partial charge on any atom is 0.423 e. The molecule has 2 amide bonds. The molecule has 0 saturated carbocycles. The van der Waals surface area contributed by atoms with Crippen LogP contribution < -0.4 is 20.7 Å². The lowest BCUT2D eigenvalue weighted by molar-refractivity contribution is -0.138. The highest BCUT2D eigenvalue weighted by molar-refractivity contribution is 6.05. The van der Waals surface area contributed by atoms with Gasteiger partial charge in [-0.15, -0.1) is 0 Å². The van der Waals surface area contributed by atoms with Gasteiger partial charge in [0.05, 0.1) is 49.3 Å². The molecule has 0 aliphatic carbocycles. The van der Waals surface area contributed by atoms with Crippen LogP contribution in [0, 0.1) is 0 Å². The van der Waals surface area contributed by atoms with Crippen molar-refractivity contribution in [3.63, 3.8) is 0 Å². The first kappa shape index (κ1) is 36.0. The number of carbonyl (C=O) groups excluding carboxylic acids is 2. The highest BCUT2D eigenvalue weighted by atomic mass is 19.4. The van der Waals surface area contributed by atoms with Crippen LogP contribution in [0.3, 0.4) is 0 Å². The van der Waals surface area contributed by atoms with Crippen LogP contribution in [-0.4, -0.2) is 83.4 Å². The third-order valence-electron chi connectivity index (χ3n) is 8.13. The third-order valence-corrected chi connectivity index (χ3v) is 8.13. The fourth-order valence-electron chi connectivity index (χ4n) is 5.75. The van der Waals surface area contributed by atoms with Crippen molar-refractivity contribution in [3.05, 3.63) is 39.9 Å². The number of hydrogen-bond donors (Lipinski definition) is 2. The number of anilines is 3. The molecule has 4 rings (SSSR count). The average molecular weight is 676 g/mol. The quantitative estimate of drug-likeness (QED) is 0.216. The van der Waals surface area contributed by atoms with Crippen LogP contribution in [0.2, 0.25) is 0 Å². The maximum absolute atomic E-state index is 13.7. The molecule has 2 aromatic rings. The number of piperazine rings is 1. The van der Waals surface area contributed by atoms with Crippen LogP contribution in [0.25, 0.3) is 0 Å². The van der Waals surface area contributed by atoms with E-state index in [9.17, 15) is 40.7 Å². The maximum atomic E-state index is 13.7. The normalized spacial score (nSPS) is 17.4. The molecule has 260 valence electrons. The minimum Gasteiger partial charge on any atom is -0.379 e. The van der Waals surface area contributed by atoms with Gasteiger partial charge in [0.1, 0.15) is 11.6 Å². The van der Waals surface area contributed by atoms with E-state index in [1.165, 1.54) is 16.7 Å². The van der Waals surface area contributed by atoms with E-state index < -0.39 is 52.7 Å². The Morgan fingerprint density at radius 3 is 2.49 bits per heavy atom. The van der Waals surface area contributed by atoms with E-state index in [0.717, 1.165) is 50.6 Å². The Balaban J connectivity index is 1.35. The molecule has 11 nitrogen and oxygen atoms in total. The number of carbonyl (C=O) groups is 2. The van der Waals surface area contributed by atoms with Crippen molar-refractivity contribution in [1.29, 1.82) is 0 Å². The number of alkyl halides is 6. The van der Waals surface area contributed by atoms with Crippen LogP contribution in [0.5, 0.6) is 0 Å². The van der Waals surface area contributed by atoms with Crippen molar-refractivity contribution in [2.45, 2.75) is 83.2 Å². The number of aromatic nitrogens is 3. The zero-order valence-corrected chi connectivity index (χ0v) is 26.2. The SMILES string of the molecule is CCCCCCCCN1C(=O)[C@@H]2CN(C(=O)CCOC[C@H](C)Nc3cn[nH]c(=O)c3C(F)(F)F)CCN2c2ncc(C(F)(F)F)cc21. The van der Waals surface area contributed by atoms with Gasteiger partial charge in [0.15, 0.2) is 5.82 Å². The summed E-state index contributed by atoms with van der Waals surface area (Å²) in [6.07, 6.45) is -2.40. The predicted octanol–water partition coefficient (Wildman–Crippen LogP) is 4.83. The topological polar surface area (TPSA) is 124 Å². The number of amides is 2. The van der Waals surface area contributed by atoms with Gasteiger partial charge in [-0.25, -0.2) is 10.1 Å². The molecule has 1 fully saturated rings. The number of nitrogens with zero attached hydrogens (tertiary/aromatic N) is 5. The van der Waals surface area contributed by atoms with E-state index in [-0.39, 0.29) is 63.2 Å². The lowest BCUT2D eigenvalue weighted by Gasteiger charge is -2.47. The van der Waals surface area contributed by atoms with Gasteiger partial charge < -0.3 is 24.8 Å². The standard InChI is InChI=1S/C30H39F6N7O4/c1-3-4-5-6-7-8-10-43-22-14-20(29(31,32)33)15-37-26(22)42-12-11-41(17-23(42)28(43)46)24(44)9-13-47-18-19(2)39-21-16-38-40-27(45)25(21)30(34,35)36/h14-16,19,23H,3-13,17-18H2,1-2H3,(H2,39,40,45)/t19-,23-/m0/s1. The Labute approximate surface area is 267 Å². The van der Waals surface area contributed by atoms with E-state index in [4.69, 9.17) is 4.74 Å². The van der Waals surface area contributed by atoms with E-state index in [1.807, 2.05) is 0 Å². The predicted molar refractivity (Wildman–Crippen MR) is 161 cm³/mol. The van der Waals surface area contributed by atoms with Gasteiger partial charge in [-0.05, 0) is 19.4 Å². The fraction of sp³-hybridized carbons (Fsp3) is 0.633. The van der Waals surface area contributed by atoms with Crippen LogP contribution in [0.15, 0.2) is 23.3 Å². The zero-order valence-electron chi connectivity index (χ0n) is 26.2. The molecule has 2 N–H and O–H groups in total. The van der Waals surface area contributed by atoms with Gasteiger partial charge in [-0.3, -0.25) is 14.4 Å². The van der Waals surface area contributed by atoms with Crippen molar-refractivity contribution < 1.29 is 40.7 Å². The molecule has 0 unspecified atom stereocenters. The summed E-state index contributed by atoms with van der Waals surface area (Å²) in [7, 11) is 0. The largest absolute Gasteiger partial charge is 0.423 e. The zero-order chi connectivity index (χ0) is 34.4. The molecule has 0 radical (unpaired) electrons. The summed E-state index contributed by atoms with van der Waals surface area (Å²) >= 11 is 0. The van der Waals surface area contributed by atoms with Gasteiger partial charge in [-0.1, -0.05) is 39.0 Å². The van der Waals surface area contributed by atoms with Crippen LogP contribution in [0.4, 0.5) is 43.5 Å². The number of unbranched alkanes of at least 4 members (excludes halogenated alkanes) is 5. The van der Waals surface area contributed by atoms with Gasteiger partial charge in [0.2, 0.25) is 5.91 Å². The van der Waals surface area contributed by atoms with Crippen molar-refractivity contribution in [3.8, 4) is 0 Å². The second-order valence-corrected chi connectivity index (χ2v) is 11.7. The highest BCUT2D eigenvalue weighted by Gasteiger charge is 2.44. The molecular weight excluding hydrogens is 636 g/mol. The Morgan fingerprint density at radius 2 is 1.79 bits per heavy atom. The highest BCUT2D eigenvalue weighted by Crippen LogP contribution is 2.40. The van der Waals surface area contributed by atoms with E-state index in [0.29, 0.717) is 6.42 Å². The first-order valence-corrected chi connectivity index (χ1v) is 15.6. The summed E-state index contributed by atoms with van der Waals surface area (Å²) in [5.74, 6) is -0.437. The third kappa shape index (κ3) is 8.93. The van der Waals surface area contributed by atoms with Gasteiger partial charge >= 0.3 is 12.4 Å². The number of nitrogens with one attached hydrogen (secondary N) is 2. The second kappa shape index (κ2) is 15.3. The molecule has 4 heterocycles. The minimum atomic E-state index is -4.90. The van der Waals surface area contributed by atoms with Crippen molar-refractivity contribution in [2.24, 2.45) is 0 Å². The van der Waals surface area contributed by atoms with E-state index in [2.05, 4.69) is 22.3 Å².